The summed E-state index contributed by atoms with van der Waals surface area (Å²) in [5.41, 5.74) is 18.9. The van der Waals surface area contributed by atoms with Gasteiger partial charge in [0.1, 0.15) is 0 Å². The van der Waals surface area contributed by atoms with Crippen LogP contribution in [0.25, 0.3) is 21.5 Å². The lowest BCUT2D eigenvalue weighted by Gasteiger charge is -2.27. The Kier molecular flexibility index (Phi) is 19.5. The van der Waals surface area contributed by atoms with Gasteiger partial charge in [0.05, 0.1) is 5.69 Å². The van der Waals surface area contributed by atoms with E-state index in [9.17, 15) is 0 Å². The van der Waals surface area contributed by atoms with Crippen LogP contribution in [-0.4, -0.2) is 0 Å². The standard InChI is InChI=1S/2C28H29N.C24H27N/c1-20(2)22-12-16-25(17-13-22)29(26-18-14-23(15-19-26)21(3)4)28-11-7-9-24-8-5-6-10-27(24)28;1-20(2)22-9-14-26(15-10-22)29(27-16-11-23(12-17-27)21(3)4)28-18-13-24-7-5-6-8-25(24)19-28;1-18(2)20-10-14-23(15-11-20)25(22-8-6-5-7-9-22)24-16-12-21(13-17-24)19(3)4/h2*5-21H,1-4H3;5-19H,1-4H3. The van der Waals surface area contributed by atoms with Gasteiger partial charge in [-0.3, -0.25) is 0 Å². The van der Waals surface area contributed by atoms with Gasteiger partial charge in [0.2, 0.25) is 0 Å². The maximum absolute atomic E-state index is 2.37. The summed E-state index contributed by atoms with van der Waals surface area (Å²) in [5.74, 6) is 3.21. The lowest BCUT2D eigenvalue weighted by atomic mass is 10.0. The monoisotopic (exact) mass is 1090 g/mol. The van der Waals surface area contributed by atoms with E-state index in [-0.39, 0.29) is 0 Å². The Labute approximate surface area is 497 Å². The zero-order valence-electron chi connectivity index (χ0n) is 51.1. The molecule has 0 aliphatic carbocycles. The average molecular weight is 1090 g/mol. The molecule has 0 aromatic heterocycles. The van der Waals surface area contributed by atoms with Gasteiger partial charge in [-0.05, 0) is 188 Å². The second-order valence-corrected chi connectivity index (χ2v) is 23.8. The molecule has 0 atom stereocenters. The maximum atomic E-state index is 2.37. The van der Waals surface area contributed by atoms with Gasteiger partial charge >= 0.3 is 0 Å². The third-order valence-electron chi connectivity index (χ3n) is 15.9. The molecule has 0 saturated heterocycles. The zero-order valence-corrected chi connectivity index (χ0v) is 51.1. The van der Waals surface area contributed by atoms with Crippen LogP contribution in [0, 0.1) is 0 Å². The Hall–Kier alpha value is -8.66. The van der Waals surface area contributed by atoms with Gasteiger partial charge < -0.3 is 14.7 Å². The van der Waals surface area contributed by atoms with E-state index in [4.69, 9.17) is 0 Å². The molecule has 3 heteroatoms. The first kappa shape index (κ1) is 59.0. The molecule has 0 heterocycles. The normalized spacial score (nSPS) is 11.3. The molecular weight excluding hydrogens is 1000 g/mol. The van der Waals surface area contributed by atoms with Crippen LogP contribution >= 0.6 is 0 Å². The van der Waals surface area contributed by atoms with Crippen LogP contribution in [0.5, 0.6) is 0 Å². The quantitative estimate of drug-likeness (QED) is 0.101. The second kappa shape index (κ2) is 27.4. The van der Waals surface area contributed by atoms with E-state index in [0.717, 1.165) is 0 Å². The van der Waals surface area contributed by atoms with Crippen molar-refractivity contribution in [2.45, 2.75) is 119 Å². The van der Waals surface area contributed by atoms with Crippen LogP contribution in [0.15, 0.2) is 261 Å². The largest absolute Gasteiger partial charge is 0.311 e. The van der Waals surface area contributed by atoms with Gasteiger partial charge in [-0.15, -0.1) is 0 Å². The number of hydrogen-bond donors (Lipinski definition) is 0. The molecule has 420 valence electrons. The molecule has 11 aromatic rings. The number of rotatable bonds is 15. The van der Waals surface area contributed by atoms with Crippen molar-refractivity contribution in [1.82, 2.24) is 0 Å². The van der Waals surface area contributed by atoms with Gasteiger partial charge in [0.15, 0.2) is 0 Å². The molecule has 0 aliphatic rings. The predicted octanol–water partition coefficient (Wildman–Crippen LogP) is 24.5. The number of benzene rings is 11. The Morgan fingerprint density at radius 1 is 0.193 bits per heavy atom. The lowest BCUT2D eigenvalue weighted by molar-refractivity contribution is 0.866. The Morgan fingerprint density at radius 3 is 0.819 bits per heavy atom. The molecule has 0 N–H and O–H groups in total. The summed E-state index contributed by atoms with van der Waals surface area (Å²) in [6, 6.07) is 94.7. The number of anilines is 9. The first-order valence-electron chi connectivity index (χ1n) is 30.1. The SMILES string of the molecule is CC(C)c1ccc(N(c2ccc(C(C)C)cc2)c2ccc3ccccc3c2)cc1.CC(C)c1ccc(N(c2ccc(C(C)C)cc2)c2cccc3ccccc23)cc1.CC(C)c1ccc(N(c2ccccc2)c2ccc(C(C)C)cc2)cc1. The summed E-state index contributed by atoms with van der Waals surface area (Å²) in [6.45, 7) is 26.8. The van der Waals surface area contributed by atoms with E-state index in [2.05, 4.69) is 359 Å². The lowest BCUT2D eigenvalue weighted by Crippen LogP contribution is -2.10. The smallest absolute Gasteiger partial charge is 0.0540 e. The highest BCUT2D eigenvalue weighted by Gasteiger charge is 2.18. The summed E-state index contributed by atoms with van der Waals surface area (Å²) >= 11 is 0. The molecule has 0 aliphatic heterocycles. The average Bonchev–Trinajstić information content (AvgIpc) is 3.65. The molecule has 11 rings (SSSR count). The van der Waals surface area contributed by atoms with Crippen molar-refractivity contribution < 1.29 is 0 Å². The van der Waals surface area contributed by atoms with Crippen LogP contribution in [0.3, 0.4) is 0 Å². The van der Waals surface area contributed by atoms with Crippen molar-refractivity contribution in [3.05, 3.63) is 294 Å². The second-order valence-electron chi connectivity index (χ2n) is 23.8. The summed E-state index contributed by atoms with van der Waals surface area (Å²) in [6.07, 6.45) is 0. The Bertz CT molecular complexity index is 3600. The van der Waals surface area contributed by atoms with Gasteiger partial charge in [0.25, 0.3) is 0 Å². The fraction of sp³-hybridized carbons (Fsp3) is 0.225. The maximum Gasteiger partial charge on any atom is 0.0540 e. The molecule has 0 bridgehead atoms. The van der Waals surface area contributed by atoms with Crippen molar-refractivity contribution in [3.8, 4) is 0 Å². The van der Waals surface area contributed by atoms with Crippen molar-refractivity contribution in [2.24, 2.45) is 0 Å². The van der Waals surface area contributed by atoms with Crippen molar-refractivity contribution in [3.63, 3.8) is 0 Å². The number of fused-ring (bicyclic) bond motifs is 2. The van der Waals surface area contributed by atoms with Gasteiger partial charge in [0, 0.05) is 50.9 Å². The van der Waals surface area contributed by atoms with Crippen molar-refractivity contribution in [1.29, 1.82) is 0 Å². The highest BCUT2D eigenvalue weighted by molar-refractivity contribution is 5.99. The molecular formula is C80H85N3. The van der Waals surface area contributed by atoms with Crippen LogP contribution < -0.4 is 14.7 Å². The van der Waals surface area contributed by atoms with Crippen LogP contribution in [0.1, 0.15) is 152 Å². The number of para-hydroxylation sites is 1. The Balaban J connectivity index is 0.000000150. The van der Waals surface area contributed by atoms with Gasteiger partial charge in [-0.1, -0.05) is 241 Å². The van der Waals surface area contributed by atoms with E-state index >= 15 is 0 Å². The predicted molar refractivity (Wildman–Crippen MR) is 363 cm³/mol. The molecule has 0 saturated carbocycles. The van der Waals surface area contributed by atoms with Gasteiger partial charge in [-0.25, -0.2) is 0 Å². The van der Waals surface area contributed by atoms with E-state index in [1.165, 1.54) is 106 Å². The zero-order chi connectivity index (χ0) is 58.6. The highest BCUT2D eigenvalue weighted by Crippen LogP contribution is 2.41. The summed E-state index contributed by atoms with van der Waals surface area (Å²) in [7, 11) is 0. The molecule has 0 spiro atoms. The van der Waals surface area contributed by atoms with Crippen molar-refractivity contribution in [2.75, 3.05) is 14.7 Å². The Morgan fingerprint density at radius 2 is 0.458 bits per heavy atom. The van der Waals surface area contributed by atoms with Crippen LogP contribution in [0.4, 0.5) is 51.2 Å². The third kappa shape index (κ3) is 14.5. The summed E-state index contributed by atoms with van der Waals surface area (Å²) in [4.78, 5) is 7.03. The molecule has 0 fully saturated rings. The molecule has 0 unspecified atom stereocenters. The molecule has 0 amide bonds. The van der Waals surface area contributed by atoms with E-state index < -0.39 is 0 Å². The number of nitrogens with zero attached hydrogens (tertiary/aromatic N) is 3. The third-order valence-corrected chi connectivity index (χ3v) is 15.9. The summed E-state index contributed by atoms with van der Waals surface area (Å²) < 4.78 is 0. The fourth-order valence-corrected chi connectivity index (χ4v) is 10.7. The molecule has 0 radical (unpaired) electrons. The van der Waals surface area contributed by atoms with E-state index in [1.54, 1.807) is 0 Å². The first-order chi connectivity index (χ1) is 40.1. The topological polar surface area (TPSA) is 9.72 Å². The minimum atomic E-state index is 0.528. The summed E-state index contributed by atoms with van der Waals surface area (Å²) in [5, 5.41) is 5.04. The van der Waals surface area contributed by atoms with E-state index in [0.29, 0.717) is 35.5 Å². The molecule has 83 heavy (non-hydrogen) atoms. The molecule has 3 nitrogen and oxygen atoms in total. The van der Waals surface area contributed by atoms with Crippen LogP contribution in [-0.2, 0) is 0 Å². The highest BCUT2D eigenvalue weighted by atomic mass is 15.2. The number of hydrogen-bond acceptors (Lipinski definition) is 3. The fourth-order valence-electron chi connectivity index (χ4n) is 10.7. The minimum absolute atomic E-state index is 0.528. The van der Waals surface area contributed by atoms with Gasteiger partial charge in [-0.2, -0.15) is 0 Å². The minimum Gasteiger partial charge on any atom is -0.311 e. The van der Waals surface area contributed by atoms with E-state index in [1.807, 2.05) is 0 Å². The van der Waals surface area contributed by atoms with Crippen LogP contribution in [0.2, 0.25) is 0 Å². The first-order valence-corrected chi connectivity index (χ1v) is 30.1. The molecule has 11 aromatic carbocycles. The van der Waals surface area contributed by atoms with Crippen molar-refractivity contribution >= 4 is 72.7 Å².